The van der Waals surface area contributed by atoms with E-state index in [1.54, 1.807) is 13.0 Å². The number of nitrogens with one attached hydrogen (secondary N) is 1. The van der Waals surface area contributed by atoms with Crippen molar-refractivity contribution in [1.82, 2.24) is 5.32 Å². The zero-order valence-corrected chi connectivity index (χ0v) is 9.50. The van der Waals surface area contributed by atoms with Crippen LogP contribution in [0.3, 0.4) is 0 Å². The Labute approximate surface area is 91.9 Å². The number of ether oxygens (including phenoxy) is 1. The fourth-order valence-electron chi connectivity index (χ4n) is 1.03. The summed E-state index contributed by atoms with van der Waals surface area (Å²) in [4.78, 5) is 11.4. The van der Waals surface area contributed by atoms with Gasteiger partial charge in [-0.05, 0) is 32.7 Å². The molecule has 3 N–H and O–H groups in total. The van der Waals surface area contributed by atoms with E-state index >= 15 is 0 Å². The molecule has 0 bridgehead atoms. The number of hydrogen-bond donors (Lipinski definition) is 2. The van der Waals surface area contributed by atoms with E-state index in [1.165, 1.54) is 0 Å². The first-order valence-electron chi connectivity index (χ1n) is 5.42. The Morgan fingerprint density at radius 2 is 2.33 bits per heavy atom. The molecule has 4 nitrogen and oxygen atoms in total. The molecule has 4 heteroatoms. The quantitative estimate of drug-likeness (QED) is 0.441. The standard InChI is InChI=1S/C11H22N2O2/c1-3-4-9-15-10(2)11(14)13-8-6-5-7-12/h3,10H,1,4-9,12H2,2H3,(H,13,14). The first-order valence-corrected chi connectivity index (χ1v) is 5.42. The molecule has 0 heterocycles. The van der Waals surface area contributed by atoms with Gasteiger partial charge in [-0.2, -0.15) is 0 Å². The minimum atomic E-state index is -0.386. The Bertz CT molecular complexity index is 183. The molecule has 1 amide bonds. The molecular formula is C11H22N2O2. The molecule has 0 aromatic rings. The van der Waals surface area contributed by atoms with Crippen LogP contribution >= 0.6 is 0 Å². The van der Waals surface area contributed by atoms with Crippen LogP contribution in [-0.2, 0) is 9.53 Å². The normalized spacial score (nSPS) is 12.1. The average molecular weight is 214 g/mol. The first-order chi connectivity index (χ1) is 7.22. The van der Waals surface area contributed by atoms with Crippen molar-refractivity contribution in [2.45, 2.75) is 32.3 Å². The van der Waals surface area contributed by atoms with Crippen LogP contribution in [0.25, 0.3) is 0 Å². The SMILES string of the molecule is C=CCCOC(C)C(=O)NCCCCN. The van der Waals surface area contributed by atoms with E-state index in [1.807, 2.05) is 0 Å². The molecule has 0 aromatic heterocycles. The topological polar surface area (TPSA) is 64.3 Å². The van der Waals surface area contributed by atoms with Gasteiger partial charge in [-0.25, -0.2) is 0 Å². The number of nitrogens with two attached hydrogens (primary N) is 1. The molecule has 0 rings (SSSR count). The third-order valence-electron chi connectivity index (χ3n) is 1.99. The summed E-state index contributed by atoms with van der Waals surface area (Å²) in [5, 5.41) is 2.80. The van der Waals surface area contributed by atoms with Crippen molar-refractivity contribution in [1.29, 1.82) is 0 Å². The minimum Gasteiger partial charge on any atom is -0.368 e. The molecule has 0 radical (unpaired) electrons. The summed E-state index contributed by atoms with van der Waals surface area (Å²) in [5.74, 6) is -0.0592. The summed E-state index contributed by atoms with van der Waals surface area (Å²) >= 11 is 0. The molecule has 0 fully saturated rings. The van der Waals surface area contributed by atoms with Crippen molar-refractivity contribution in [3.63, 3.8) is 0 Å². The van der Waals surface area contributed by atoms with Crippen LogP contribution < -0.4 is 11.1 Å². The summed E-state index contributed by atoms with van der Waals surface area (Å²) < 4.78 is 5.29. The lowest BCUT2D eigenvalue weighted by Crippen LogP contribution is -2.35. The molecule has 1 atom stereocenters. The van der Waals surface area contributed by atoms with Gasteiger partial charge < -0.3 is 15.8 Å². The Balaban J connectivity index is 3.46. The fourth-order valence-corrected chi connectivity index (χ4v) is 1.03. The highest BCUT2D eigenvalue weighted by molar-refractivity contribution is 5.80. The number of carbonyl (C=O) groups excluding carboxylic acids is 1. The highest BCUT2D eigenvalue weighted by Gasteiger charge is 2.11. The Morgan fingerprint density at radius 1 is 1.60 bits per heavy atom. The summed E-state index contributed by atoms with van der Waals surface area (Å²) in [6, 6.07) is 0. The van der Waals surface area contributed by atoms with E-state index in [4.69, 9.17) is 10.5 Å². The smallest absolute Gasteiger partial charge is 0.248 e. The van der Waals surface area contributed by atoms with E-state index in [0.29, 0.717) is 19.7 Å². The maximum atomic E-state index is 11.4. The van der Waals surface area contributed by atoms with Crippen molar-refractivity contribution in [3.8, 4) is 0 Å². The van der Waals surface area contributed by atoms with Crippen LogP contribution in [0.15, 0.2) is 12.7 Å². The van der Waals surface area contributed by atoms with Gasteiger partial charge in [0.25, 0.3) is 0 Å². The van der Waals surface area contributed by atoms with Gasteiger partial charge in [0.05, 0.1) is 6.61 Å². The lowest BCUT2D eigenvalue weighted by molar-refractivity contribution is -0.131. The average Bonchev–Trinajstić information content (AvgIpc) is 2.24. The van der Waals surface area contributed by atoms with Crippen molar-refractivity contribution in [2.24, 2.45) is 5.73 Å². The molecule has 1 unspecified atom stereocenters. The second kappa shape index (κ2) is 9.68. The van der Waals surface area contributed by atoms with Crippen molar-refractivity contribution in [3.05, 3.63) is 12.7 Å². The van der Waals surface area contributed by atoms with E-state index in [2.05, 4.69) is 11.9 Å². The summed E-state index contributed by atoms with van der Waals surface area (Å²) in [7, 11) is 0. The molecule has 0 aliphatic heterocycles. The van der Waals surface area contributed by atoms with Gasteiger partial charge in [-0.3, -0.25) is 4.79 Å². The molecule has 0 aliphatic carbocycles. The van der Waals surface area contributed by atoms with Gasteiger partial charge in [0.15, 0.2) is 0 Å². The molecule has 0 aliphatic rings. The van der Waals surface area contributed by atoms with E-state index in [9.17, 15) is 4.79 Å². The van der Waals surface area contributed by atoms with Crippen LogP contribution in [0.2, 0.25) is 0 Å². The van der Waals surface area contributed by atoms with Crippen LogP contribution in [0.4, 0.5) is 0 Å². The lowest BCUT2D eigenvalue weighted by atomic mass is 10.3. The van der Waals surface area contributed by atoms with Crippen molar-refractivity contribution < 1.29 is 9.53 Å². The van der Waals surface area contributed by atoms with E-state index in [0.717, 1.165) is 19.3 Å². The molecular weight excluding hydrogens is 192 g/mol. The summed E-state index contributed by atoms with van der Waals surface area (Å²) in [6.45, 7) is 7.21. The van der Waals surface area contributed by atoms with Crippen molar-refractivity contribution >= 4 is 5.91 Å². The largest absolute Gasteiger partial charge is 0.368 e. The summed E-state index contributed by atoms with van der Waals surface area (Å²) in [5.41, 5.74) is 5.34. The summed E-state index contributed by atoms with van der Waals surface area (Å²) in [6.07, 6.45) is 4.01. The molecule has 0 aromatic carbocycles. The zero-order valence-electron chi connectivity index (χ0n) is 9.50. The molecule has 0 saturated carbocycles. The maximum absolute atomic E-state index is 11.4. The van der Waals surface area contributed by atoms with Crippen molar-refractivity contribution in [2.75, 3.05) is 19.7 Å². The maximum Gasteiger partial charge on any atom is 0.248 e. The molecule has 88 valence electrons. The van der Waals surface area contributed by atoms with Gasteiger partial charge in [0.1, 0.15) is 6.10 Å². The Kier molecular flexibility index (Phi) is 9.11. The zero-order chi connectivity index (χ0) is 11.5. The van der Waals surface area contributed by atoms with Gasteiger partial charge >= 0.3 is 0 Å². The number of rotatable bonds is 9. The predicted molar refractivity (Wildman–Crippen MR) is 61.5 cm³/mol. The lowest BCUT2D eigenvalue weighted by Gasteiger charge is -2.12. The highest BCUT2D eigenvalue weighted by Crippen LogP contribution is 1.93. The third-order valence-corrected chi connectivity index (χ3v) is 1.99. The second-order valence-corrected chi connectivity index (χ2v) is 3.38. The van der Waals surface area contributed by atoms with Gasteiger partial charge in [0.2, 0.25) is 5.91 Å². The fraction of sp³-hybridized carbons (Fsp3) is 0.727. The minimum absolute atomic E-state index is 0.0592. The third kappa shape index (κ3) is 8.15. The number of amides is 1. The predicted octanol–water partition coefficient (Wildman–Crippen LogP) is 0.823. The number of hydrogen-bond acceptors (Lipinski definition) is 3. The molecule has 15 heavy (non-hydrogen) atoms. The highest BCUT2D eigenvalue weighted by atomic mass is 16.5. The van der Waals surface area contributed by atoms with Crippen LogP contribution in [0.1, 0.15) is 26.2 Å². The van der Waals surface area contributed by atoms with Crippen LogP contribution in [-0.4, -0.2) is 31.7 Å². The van der Waals surface area contributed by atoms with Gasteiger partial charge in [0, 0.05) is 6.54 Å². The Morgan fingerprint density at radius 3 is 2.93 bits per heavy atom. The Hall–Kier alpha value is -0.870. The second-order valence-electron chi connectivity index (χ2n) is 3.38. The monoisotopic (exact) mass is 214 g/mol. The first kappa shape index (κ1) is 14.1. The number of unbranched alkanes of at least 4 members (excludes halogenated alkanes) is 1. The van der Waals surface area contributed by atoms with Gasteiger partial charge in [-0.1, -0.05) is 6.08 Å². The van der Waals surface area contributed by atoms with Crippen LogP contribution in [0, 0.1) is 0 Å². The van der Waals surface area contributed by atoms with Gasteiger partial charge in [-0.15, -0.1) is 6.58 Å². The van der Waals surface area contributed by atoms with Crippen LogP contribution in [0.5, 0.6) is 0 Å². The van der Waals surface area contributed by atoms with E-state index in [-0.39, 0.29) is 12.0 Å². The molecule has 0 saturated heterocycles. The van der Waals surface area contributed by atoms with E-state index < -0.39 is 0 Å². The molecule has 0 spiro atoms. The number of carbonyl (C=O) groups is 1.